The molecule has 2 amide bonds. The highest BCUT2D eigenvalue weighted by atomic mass is 16.5. The van der Waals surface area contributed by atoms with Gasteiger partial charge in [0.15, 0.2) is 0 Å². The molecule has 0 radical (unpaired) electrons. The minimum atomic E-state index is -0.232. The molecule has 3 aromatic carbocycles. The molecule has 5 nitrogen and oxygen atoms in total. The van der Waals surface area contributed by atoms with Crippen molar-refractivity contribution in [1.29, 1.82) is 0 Å². The number of hydrogen-bond acceptors (Lipinski definition) is 3. The minimum absolute atomic E-state index is 0.157. The van der Waals surface area contributed by atoms with Gasteiger partial charge in [0.1, 0.15) is 11.5 Å². The number of anilines is 2. The van der Waals surface area contributed by atoms with E-state index < -0.39 is 0 Å². The van der Waals surface area contributed by atoms with Gasteiger partial charge in [-0.05, 0) is 61.0 Å². The summed E-state index contributed by atoms with van der Waals surface area (Å²) in [6, 6.07) is 21.7. The number of nitrogens with one attached hydrogen (secondary N) is 2. The number of carbonyl (C=O) groups excluding carboxylic acids is 2. The average Bonchev–Trinajstić information content (AvgIpc) is 2.66. The van der Waals surface area contributed by atoms with Crippen LogP contribution in [-0.2, 0) is 4.79 Å². The van der Waals surface area contributed by atoms with E-state index in [1.165, 1.54) is 6.92 Å². The van der Waals surface area contributed by atoms with E-state index in [9.17, 15) is 9.59 Å². The second-order valence-corrected chi connectivity index (χ2v) is 6.05. The second-order valence-electron chi connectivity index (χ2n) is 6.05. The van der Waals surface area contributed by atoms with E-state index in [0.29, 0.717) is 22.7 Å². The summed E-state index contributed by atoms with van der Waals surface area (Å²) in [5, 5.41) is 5.63. The Labute approximate surface area is 158 Å². The first-order chi connectivity index (χ1) is 13.0. The first-order valence-corrected chi connectivity index (χ1v) is 8.54. The number of hydrogen-bond donors (Lipinski definition) is 2. The second kappa shape index (κ2) is 8.19. The van der Waals surface area contributed by atoms with E-state index in [4.69, 9.17) is 4.74 Å². The van der Waals surface area contributed by atoms with Crippen LogP contribution in [0.25, 0.3) is 0 Å². The van der Waals surface area contributed by atoms with Crippen molar-refractivity contribution < 1.29 is 14.3 Å². The molecule has 2 N–H and O–H groups in total. The summed E-state index contributed by atoms with van der Waals surface area (Å²) in [5.74, 6) is 1.00. The number of benzene rings is 3. The predicted octanol–water partition coefficient (Wildman–Crippen LogP) is 5.00. The molecule has 136 valence electrons. The average molecular weight is 360 g/mol. The van der Waals surface area contributed by atoms with Gasteiger partial charge in [0, 0.05) is 23.9 Å². The van der Waals surface area contributed by atoms with Crippen LogP contribution in [0.5, 0.6) is 11.5 Å². The number of carbonyl (C=O) groups is 2. The summed E-state index contributed by atoms with van der Waals surface area (Å²) >= 11 is 0. The van der Waals surface area contributed by atoms with Crippen LogP contribution in [0.1, 0.15) is 22.8 Å². The van der Waals surface area contributed by atoms with E-state index in [1.807, 2.05) is 37.3 Å². The lowest BCUT2D eigenvalue weighted by molar-refractivity contribution is -0.114. The van der Waals surface area contributed by atoms with Crippen LogP contribution in [0.3, 0.4) is 0 Å². The summed E-state index contributed by atoms with van der Waals surface area (Å²) in [4.78, 5) is 23.8. The van der Waals surface area contributed by atoms with E-state index in [2.05, 4.69) is 10.6 Å². The molecule has 0 atom stereocenters. The van der Waals surface area contributed by atoms with Crippen LogP contribution in [0.4, 0.5) is 11.4 Å². The van der Waals surface area contributed by atoms with Crippen LogP contribution < -0.4 is 15.4 Å². The van der Waals surface area contributed by atoms with Crippen molar-refractivity contribution in [3.63, 3.8) is 0 Å². The molecule has 5 heteroatoms. The van der Waals surface area contributed by atoms with Gasteiger partial charge in [-0.3, -0.25) is 9.59 Å². The number of amides is 2. The van der Waals surface area contributed by atoms with Gasteiger partial charge in [0.2, 0.25) is 5.91 Å². The summed E-state index contributed by atoms with van der Waals surface area (Å²) in [6.45, 7) is 3.29. The summed E-state index contributed by atoms with van der Waals surface area (Å²) in [6.07, 6.45) is 0. The van der Waals surface area contributed by atoms with Crippen molar-refractivity contribution in [2.75, 3.05) is 10.6 Å². The van der Waals surface area contributed by atoms with Crippen molar-refractivity contribution in [3.05, 3.63) is 83.9 Å². The van der Waals surface area contributed by atoms with Gasteiger partial charge in [-0.25, -0.2) is 0 Å². The highest BCUT2D eigenvalue weighted by Crippen LogP contribution is 2.25. The Morgan fingerprint density at radius 1 is 0.741 bits per heavy atom. The topological polar surface area (TPSA) is 67.4 Å². The highest BCUT2D eigenvalue weighted by molar-refractivity contribution is 6.05. The minimum Gasteiger partial charge on any atom is -0.457 e. The number of ether oxygens (including phenoxy) is 1. The molecular weight excluding hydrogens is 340 g/mol. The highest BCUT2D eigenvalue weighted by Gasteiger charge is 2.10. The zero-order valence-electron chi connectivity index (χ0n) is 15.2. The fraction of sp³-hybridized carbons (Fsp3) is 0.0909. The predicted molar refractivity (Wildman–Crippen MR) is 106 cm³/mol. The van der Waals surface area contributed by atoms with E-state index in [1.54, 1.807) is 42.5 Å². The quantitative estimate of drug-likeness (QED) is 0.673. The van der Waals surface area contributed by atoms with Gasteiger partial charge in [-0.2, -0.15) is 0 Å². The molecule has 0 saturated heterocycles. The molecule has 3 rings (SSSR count). The number of rotatable bonds is 5. The van der Waals surface area contributed by atoms with Crippen LogP contribution >= 0.6 is 0 Å². The molecule has 0 fully saturated rings. The van der Waals surface area contributed by atoms with Crippen molar-refractivity contribution in [1.82, 2.24) is 0 Å². The van der Waals surface area contributed by atoms with E-state index in [-0.39, 0.29) is 11.8 Å². The molecule has 0 bridgehead atoms. The van der Waals surface area contributed by atoms with E-state index in [0.717, 1.165) is 11.3 Å². The Morgan fingerprint density at radius 3 is 1.96 bits per heavy atom. The molecule has 0 aliphatic carbocycles. The maximum absolute atomic E-state index is 12.5. The third-order valence-corrected chi connectivity index (χ3v) is 3.99. The smallest absolute Gasteiger partial charge is 0.255 e. The first-order valence-electron chi connectivity index (χ1n) is 8.54. The molecule has 3 aromatic rings. The molecule has 27 heavy (non-hydrogen) atoms. The molecule has 0 saturated carbocycles. The van der Waals surface area contributed by atoms with Crippen LogP contribution in [0.2, 0.25) is 0 Å². The first kappa shape index (κ1) is 18.2. The largest absolute Gasteiger partial charge is 0.457 e. The maximum Gasteiger partial charge on any atom is 0.255 e. The van der Waals surface area contributed by atoms with Gasteiger partial charge >= 0.3 is 0 Å². The van der Waals surface area contributed by atoms with Crippen molar-refractivity contribution in [2.24, 2.45) is 0 Å². The van der Waals surface area contributed by atoms with Crippen molar-refractivity contribution in [2.45, 2.75) is 13.8 Å². The van der Waals surface area contributed by atoms with Gasteiger partial charge in [0.05, 0.1) is 0 Å². The molecule has 0 aliphatic heterocycles. The van der Waals surface area contributed by atoms with E-state index >= 15 is 0 Å². The van der Waals surface area contributed by atoms with Crippen LogP contribution in [0, 0.1) is 6.92 Å². The normalized spacial score (nSPS) is 10.1. The lowest BCUT2D eigenvalue weighted by atomic mass is 10.1. The molecule has 0 aromatic heterocycles. The number of para-hydroxylation sites is 1. The Bertz CT molecular complexity index is 951. The SMILES string of the molecule is CC(=O)Nc1cccc(NC(=O)c2ccc(Oc3ccccc3)cc2)c1C. The standard InChI is InChI=1S/C22H20N2O3/c1-15-20(23-16(2)25)9-6-10-21(15)24-22(26)17-11-13-19(14-12-17)27-18-7-4-3-5-8-18/h3-14H,1-2H3,(H,23,25)(H,24,26). The van der Waals surface area contributed by atoms with Gasteiger partial charge in [0.25, 0.3) is 5.91 Å². The summed E-state index contributed by atoms with van der Waals surface area (Å²) < 4.78 is 5.73. The lowest BCUT2D eigenvalue weighted by Gasteiger charge is -2.13. The third kappa shape index (κ3) is 4.73. The van der Waals surface area contributed by atoms with Crippen LogP contribution in [0.15, 0.2) is 72.8 Å². The fourth-order valence-corrected chi connectivity index (χ4v) is 2.59. The lowest BCUT2D eigenvalue weighted by Crippen LogP contribution is -2.14. The Balaban J connectivity index is 1.70. The zero-order valence-corrected chi connectivity index (χ0v) is 15.2. The molecular formula is C22H20N2O3. The van der Waals surface area contributed by atoms with Crippen LogP contribution in [-0.4, -0.2) is 11.8 Å². The third-order valence-electron chi connectivity index (χ3n) is 3.99. The fourth-order valence-electron chi connectivity index (χ4n) is 2.59. The maximum atomic E-state index is 12.5. The van der Waals surface area contributed by atoms with Gasteiger partial charge < -0.3 is 15.4 Å². The van der Waals surface area contributed by atoms with Crippen molar-refractivity contribution >= 4 is 23.2 Å². The summed E-state index contributed by atoms with van der Waals surface area (Å²) in [5.41, 5.74) is 2.63. The molecule has 0 unspecified atom stereocenters. The Hall–Kier alpha value is -3.60. The Morgan fingerprint density at radius 2 is 1.33 bits per heavy atom. The molecule has 0 aliphatic rings. The monoisotopic (exact) mass is 360 g/mol. The summed E-state index contributed by atoms with van der Waals surface area (Å²) in [7, 11) is 0. The van der Waals surface area contributed by atoms with Gasteiger partial charge in [-0.1, -0.05) is 24.3 Å². The zero-order chi connectivity index (χ0) is 19.2. The van der Waals surface area contributed by atoms with Gasteiger partial charge in [-0.15, -0.1) is 0 Å². The Kier molecular flexibility index (Phi) is 5.52. The molecule has 0 heterocycles. The van der Waals surface area contributed by atoms with Crippen molar-refractivity contribution in [3.8, 4) is 11.5 Å². The molecule has 0 spiro atoms.